The Balaban J connectivity index is 1.74. The molecule has 2 aromatic heterocycles. The van der Waals surface area contributed by atoms with Crippen LogP contribution in [0.1, 0.15) is 11.3 Å². The van der Waals surface area contributed by atoms with Crippen molar-refractivity contribution in [3.8, 4) is 11.5 Å². The summed E-state index contributed by atoms with van der Waals surface area (Å²) in [6.07, 6.45) is 1.83. The molecule has 0 spiro atoms. The number of aromatic amines is 1. The number of nitrogens with zero attached hydrogens (tertiary/aromatic N) is 1. The average Bonchev–Trinajstić information content (AvgIpc) is 2.84. The Hall–Kier alpha value is -1.59. The van der Waals surface area contributed by atoms with Crippen LogP contribution >= 0.6 is 0 Å². The van der Waals surface area contributed by atoms with Crippen molar-refractivity contribution in [2.45, 2.75) is 19.5 Å². The molecule has 0 saturated carbocycles. The van der Waals surface area contributed by atoms with Crippen molar-refractivity contribution in [2.24, 2.45) is 0 Å². The van der Waals surface area contributed by atoms with Crippen LogP contribution in [-0.2, 0) is 11.3 Å². The molecule has 1 aliphatic rings. The number of H-pyrrole nitrogens is 1. The lowest BCUT2D eigenvalue weighted by Crippen LogP contribution is -2.45. The van der Waals surface area contributed by atoms with E-state index in [0.717, 1.165) is 42.5 Å². The zero-order chi connectivity index (χ0) is 11.7. The zero-order valence-electron chi connectivity index (χ0n) is 9.69. The summed E-state index contributed by atoms with van der Waals surface area (Å²) in [5, 5.41) is 10.5. The van der Waals surface area contributed by atoms with Gasteiger partial charge in [-0.2, -0.15) is 5.10 Å². The number of aromatic nitrogens is 2. The molecule has 0 aromatic carbocycles. The number of aryl methyl sites for hydroxylation is 1. The van der Waals surface area contributed by atoms with Crippen LogP contribution in [0, 0.1) is 6.92 Å². The van der Waals surface area contributed by atoms with Gasteiger partial charge in [0.25, 0.3) is 0 Å². The Morgan fingerprint density at radius 2 is 2.35 bits per heavy atom. The molecule has 1 fully saturated rings. The summed E-state index contributed by atoms with van der Waals surface area (Å²) in [4.78, 5) is 0. The van der Waals surface area contributed by atoms with Gasteiger partial charge in [-0.1, -0.05) is 0 Å². The van der Waals surface area contributed by atoms with E-state index in [0.29, 0.717) is 6.04 Å². The quantitative estimate of drug-likeness (QED) is 0.839. The monoisotopic (exact) mass is 233 g/mol. The Kier molecular flexibility index (Phi) is 2.70. The average molecular weight is 233 g/mol. The maximum atomic E-state index is 5.59. The fourth-order valence-electron chi connectivity index (χ4n) is 1.84. The molecule has 3 rings (SSSR count). The van der Waals surface area contributed by atoms with Crippen LogP contribution < -0.4 is 5.32 Å². The van der Waals surface area contributed by atoms with E-state index >= 15 is 0 Å². The minimum Gasteiger partial charge on any atom is -0.460 e. The zero-order valence-corrected chi connectivity index (χ0v) is 9.69. The molecule has 90 valence electrons. The Morgan fingerprint density at radius 1 is 1.47 bits per heavy atom. The highest BCUT2D eigenvalue weighted by atomic mass is 16.5. The molecular formula is C12H15N3O2. The van der Waals surface area contributed by atoms with Crippen LogP contribution in [0.2, 0.25) is 0 Å². The van der Waals surface area contributed by atoms with Gasteiger partial charge in [-0.3, -0.25) is 5.10 Å². The van der Waals surface area contributed by atoms with E-state index in [2.05, 4.69) is 15.5 Å². The van der Waals surface area contributed by atoms with Crippen molar-refractivity contribution in [3.63, 3.8) is 0 Å². The van der Waals surface area contributed by atoms with Crippen molar-refractivity contribution in [2.75, 3.05) is 13.2 Å². The van der Waals surface area contributed by atoms with Gasteiger partial charge in [-0.05, 0) is 19.1 Å². The van der Waals surface area contributed by atoms with Crippen molar-refractivity contribution in [1.29, 1.82) is 0 Å². The van der Waals surface area contributed by atoms with E-state index in [1.807, 2.05) is 25.3 Å². The molecule has 0 aliphatic carbocycles. The summed E-state index contributed by atoms with van der Waals surface area (Å²) < 4.78 is 10.7. The smallest absolute Gasteiger partial charge is 0.152 e. The summed E-state index contributed by atoms with van der Waals surface area (Å²) in [5.74, 6) is 1.74. The second-order valence-corrected chi connectivity index (χ2v) is 4.30. The number of furan rings is 1. The first-order chi connectivity index (χ1) is 8.33. The number of rotatable bonds is 4. The highest BCUT2D eigenvalue weighted by molar-refractivity contribution is 5.56. The van der Waals surface area contributed by atoms with Gasteiger partial charge in [-0.15, -0.1) is 0 Å². The summed E-state index contributed by atoms with van der Waals surface area (Å²) in [5.41, 5.74) is 2.07. The van der Waals surface area contributed by atoms with Crippen LogP contribution in [0.25, 0.3) is 11.5 Å². The molecule has 2 aromatic rings. The normalized spacial score (nSPS) is 16.1. The second-order valence-electron chi connectivity index (χ2n) is 4.30. The number of hydrogen-bond acceptors (Lipinski definition) is 4. The SMILES string of the molecule is Cc1ccc(-c2[nH]ncc2CNC2COC2)o1. The van der Waals surface area contributed by atoms with E-state index in [-0.39, 0.29) is 0 Å². The molecule has 5 nitrogen and oxygen atoms in total. The van der Waals surface area contributed by atoms with Gasteiger partial charge in [0.2, 0.25) is 0 Å². The lowest BCUT2D eigenvalue weighted by molar-refractivity contribution is -0.00577. The number of hydrogen-bond donors (Lipinski definition) is 2. The number of nitrogens with one attached hydrogen (secondary N) is 2. The van der Waals surface area contributed by atoms with Crippen molar-refractivity contribution < 1.29 is 9.15 Å². The van der Waals surface area contributed by atoms with E-state index < -0.39 is 0 Å². The standard InChI is InChI=1S/C12H15N3O2/c1-8-2-3-11(17-8)12-9(5-14-15-12)4-13-10-6-16-7-10/h2-3,5,10,13H,4,6-7H2,1H3,(H,14,15). The number of ether oxygens (including phenoxy) is 1. The molecule has 2 N–H and O–H groups in total. The lowest BCUT2D eigenvalue weighted by atomic mass is 10.2. The molecule has 3 heterocycles. The van der Waals surface area contributed by atoms with Crippen molar-refractivity contribution in [1.82, 2.24) is 15.5 Å². The van der Waals surface area contributed by atoms with Crippen LogP contribution in [0.15, 0.2) is 22.7 Å². The second kappa shape index (κ2) is 4.35. The van der Waals surface area contributed by atoms with E-state index in [1.54, 1.807) is 0 Å². The molecular weight excluding hydrogens is 218 g/mol. The minimum absolute atomic E-state index is 0.469. The molecule has 17 heavy (non-hydrogen) atoms. The van der Waals surface area contributed by atoms with E-state index in [4.69, 9.17) is 9.15 Å². The predicted molar refractivity (Wildman–Crippen MR) is 62.5 cm³/mol. The third kappa shape index (κ3) is 2.11. The van der Waals surface area contributed by atoms with E-state index in [1.165, 1.54) is 0 Å². The van der Waals surface area contributed by atoms with Gasteiger partial charge in [0.15, 0.2) is 5.76 Å². The highest BCUT2D eigenvalue weighted by Crippen LogP contribution is 2.23. The molecule has 1 aliphatic heterocycles. The van der Waals surface area contributed by atoms with Gasteiger partial charge < -0.3 is 14.5 Å². The third-order valence-electron chi connectivity index (χ3n) is 2.92. The van der Waals surface area contributed by atoms with Crippen LogP contribution in [0.4, 0.5) is 0 Å². The Labute approximate surface area is 99.2 Å². The molecule has 0 radical (unpaired) electrons. The Bertz CT molecular complexity index is 499. The first kappa shape index (κ1) is 10.6. The van der Waals surface area contributed by atoms with Gasteiger partial charge in [-0.25, -0.2) is 0 Å². The summed E-state index contributed by atoms with van der Waals surface area (Å²) in [6, 6.07) is 4.38. The van der Waals surface area contributed by atoms with Crippen LogP contribution in [-0.4, -0.2) is 29.5 Å². The molecule has 0 amide bonds. The molecule has 5 heteroatoms. The lowest BCUT2D eigenvalue weighted by Gasteiger charge is -2.26. The molecule has 0 bridgehead atoms. The largest absolute Gasteiger partial charge is 0.460 e. The van der Waals surface area contributed by atoms with Crippen molar-refractivity contribution >= 4 is 0 Å². The van der Waals surface area contributed by atoms with Gasteiger partial charge in [0.1, 0.15) is 11.5 Å². The minimum atomic E-state index is 0.469. The van der Waals surface area contributed by atoms with Crippen LogP contribution in [0.5, 0.6) is 0 Å². The molecule has 1 saturated heterocycles. The first-order valence-electron chi connectivity index (χ1n) is 5.73. The predicted octanol–water partition coefficient (Wildman–Crippen LogP) is 1.47. The summed E-state index contributed by atoms with van der Waals surface area (Å²) in [7, 11) is 0. The molecule has 0 unspecified atom stereocenters. The van der Waals surface area contributed by atoms with Gasteiger partial charge in [0, 0.05) is 12.1 Å². The van der Waals surface area contributed by atoms with Crippen molar-refractivity contribution in [3.05, 3.63) is 29.7 Å². The first-order valence-corrected chi connectivity index (χ1v) is 5.73. The third-order valence-corrected chi connectivity index (χ3v) is 2.92. The Morgan fingerprint density at radius 3 is 3.00 bits per heavy atom. The summed E-state index contributed by atoms with van der Waals surface area (Å²) in [6.45, 7) is 4.31. The summed E-state index contributed by atoms with van der Waals surface area (Å²) >= 11 is 0. The van der Waals surface area contributed by atoms with E-state index in [9.17, 15) is 0 Å². The maximum absolute atomic E-state index is 5.59. The fraction of sp³-hybridized carbons (Fsp3) is 0.417. The van der Waals surface area contributed by atoms with Gasteiger partial charge in [0.05, 0.1) is 25.5 Å². The van der Waals surface area contributed by atoms with Gasteiger partial charge >= 0.3 is 0 Å². The molecule has 0 atom stereocenters. The fourth-order valence-corrected chi connectivity index (χ4v) is 1.84. The van der Waals surface area contributed by atoms with Crippen LogP contribution in [0.3, 0.4) is 0 Å². The highest BCUT2D eigenvalue weighted by Gasteiger charge is 2.18. The maximum Gasteiger partial charge on any atom is 0.152 e. The topological polar surface area (TPSA) is 63.1 Å².